The second-order valence-corrected chi connectivity index (χ2v) is 11.1. The number of aldehydes is 1. The molecular formula is C28H38O5. The number of benzene rings is 1. The molecule has 0 spiro atoms. The lowest BCUT2D eigenvalue weighted by atomic mass is 9.48. The van der Waals surface area contributed by atoms with Gasteiger partial charge in [0.15, 0.2) is 17.3 Å². The van der Waals surface area contributed by atoms with E-state index in [2.05, 4.69) is 41.5 Å². The summed E-state index contributed by atoms with van der Waals surface area (Å²) in [5, 5.41) is 18.7. The number of rotatable bonds is 2. The van der Waals surface area contributed by atoms with Gasteiger partial charge in [-0.1, -0.05) is 44.9 Å². The number of carbonyl (C=O) groups excluding carboxylic acids is 2. The number of fused-ring (bicyclic) bond motifs is 2. The highest BCUT2D eigenvalue weighted by Gasteiger charge is 2.54. The van der Waals surface area contributed by atoms with Gasteiger partial charge in [-0.2, -0.15) is 0 Å². The largest absolute Gasteiger partial charge is 0.504 e. The SMILES string of the molecule is CC1=CC(=O)C2CC1C2(C)C.CC1=C[C@@H](O)[C@@H]2C[C@H]1C2(C)C.COc1cc(C=O)ccc1O. The van der Waals surface area contributed by atoms with Gasteiger partial charge in [-0.3, -0.25) is 9.59 Å². The molecule has 1 aromatic rings. The molecule has 5 heteroatoms. The average molecular weight is 455 g/mol. The first-order valence-electron chi connectivity index (χ1n) is 11.7. The van der Waals surface area contributed by atoms with Crippen LogP contribution in [-0.4, -0.2) is 35.5 Å². The molecule has 2 unspecified atom stereocenters. The van der Waals surface area contributed by atoms with E-state index < -0.39 is 0 Å². The molecule has 0 heterocycles. The van der Waals surface area contributed by atoms with E-state index in [1.807, 2.05) is 12.2 Å². The maximum absolute atomic E-state index is 11.4. The van der Waals surface area contributed by atoms with Crippen LogP contribution >= 0.6 is 0 Å². The number of ketones is 1. The predicted octanol–water partition coefficient (Wildman–Crippen LogP) is 5.36. The summed E-state index contributed by atoms with van der Waals surface area (Å²) in [5.74, 6) is 3.00. The van der Waals surface area contributed by atoms with Crippen molar-refractivity contribution in [2.24, 2.45) is 34.5 Å². The lowest BCUT2D eigenvalue weighted by Gasteiger charge is -2.57. The molecular weight excluding hydrogens is 416 g/mol. The molecule has 0 amide bonds. The number of ether oxygens (including phenoxy) is 1. The monoisotopic (exact) mass is 454 g/mol. The van der Waals surface area contributed by atoms with Gasteiger partial charge in [0.05, 0.1) is 13.2 Å². The van der Waals surface area contributed by atoms with Crippen molar-refractivity contribution in [3.63, 3.8) is 0 Å². The molecule has 5 atom stereocenters. The molecule has 0 saturated heterocycles. The molecule has 6 aliphatic rings. The number of phenols is 1. The summed E-state index contributed by atoms with van der Waals surface area (Å²) in [5.41, 5.74) is 3.79. The number of carbonyl (C=O) groups is 2. The van der Waals surface area contributed by atoms with Gasteiger partial charge >= 0.3 is 0 Å². The molecule has 7 rings (SSSR count). The van der Waals surface area contributed by atoms with Crippen molar-refractivity contribution in [3.8, 4) is 11.5 Å². The van der Waals surface area contributed by atoms with E-state index in [1.165, 1.54) is 42.9 Å². The summed E-state index contributed by atoms with van der Waals surface area (Å²) < 4.78 is 4.78. The van der Waals surface area contributed by atoms with Crippen molar-refractivity contribution in [2.45, 2.75) is 60.5 Å². The van der Waals surface area contributed by atoms with Crippen molar-refractivity contribution >= 4 is 12.1 Å². The summed E-state index contributed by atoms with van der Waals surface area (Å²) >= 11 is 0. The highest BCUT2D eigenvalue weighted by atomic mass is 16.5. The number of allylic oxidation sites excluding steroid dienone is 3. The summed E-state index contributed by atoms with van der Waals surface area (Å²) in [7, 11) is 1.43. The maximum Gasteiger partial charge on any atom is 0.161 e. The van der Waals surface area contributed by atoms with Gasteiger partial charge in [0, 0.05) is 11.5 Å². The molecule has 2 saturated carbocycles. The zero-order valence-corrected chi connectivity index (χ0v) is 20.9. The van der Waals surface area contributed by atoms with Gasteiger partial charge in [-0.05, 0) is 79.5 Å². The van der Waals surface area contributed by atoms with Crippen molar-refractivity contribution < 1.29 is 24.5 Å². The van der Waals surface area contributed by atoms with Crippen LogP contribution < -0.4 is 4.74 Å². The fourth-order valence-electron chi connectivity index (χ4n) is 6.19. The molecule has 4 bridgehead atoms. The number of phenolic OH excluding ortho intramolecular Hbond substituents is 1. The lowest BCUT2D eigenvalue weighted by Crippen LogP contribution is -2.53. The van der Waals surface area contributed by atoms with Crippen molar-refractivity contribution in [2.75, 3.05) is 7.11 Å². The van der Waals surface area contributed by atoms with E-state index >= 15 is 0 Å². The minimum absolute atomic E-state index is 0.0399. The van der Waals surface area contributed by atoms with E-state index in [9.17, 15) is 14.7 Å². The Balaban J connectivity index is 0.000000139. The van der Waals surface area contributed by atoms with Gasteiger partial charge in [0.1, 0.15) is 6.29 Å². The van der Waals surface area contributed by atoms with Crippen molar-refractivity contribution in [3.05, 3.63) is 47.1 Å². The summed E-state index contributed by atoms with van der Waals surface area (Å²) in [6.45, 7) is 13.2. The Morgan fingerprint density at radius 1 is 1.00 bits per heavy atom. The van der Waals surface area contributed by atoms with Crippen LogP contribution in [0.2, 0.25) is 0 Å². The highest BCUT2D eigenvalue weighted by Crippen LogP contribution is 2.59. The van der Waals surface area contributed by atoms with Gasteiger partial charge in [0.2, 0.25) is 0 Å². The predicted molar refractivity (Wildman–Crippen MR) is 129 cm³/mol. The third-order valence-corrected chi connectivity index (χ3v) is 8.61. The van der Waals surface area contributed by atoms with E-state index in [0.717, 1.165) is 12.3 Å². The number of aromatic hydroxyl groups is 1. The first-order chi connectivity index (χ1) is 15.3. The summed E-state index contributed by atoms with van der Waals surface area (Å²) in [6, 6.07) is 4.41. The first-order valence-corrected chi connectivity index (χ1v) is 11.7. The zero-order valence-electron chi connectivity index (χ0n) is 20.9. The van der Waals surface area contributed by atoms with Gasteiger partial charge in [-0.15, -0.1) is 0 Å². The Morgan fingerprint density at radius 3 is 2.06 bits per heavy atom. The van der Waals surface area contributed by atoms with Crippen LogP contribution in [0.25, 0.3) is 0 Å². The minimum Gasteiger partial charge on any atom is -0.504 e. The zero-order chi connectivity index (χ0) is 24.7. The molecule has 5 nitrogen and oxygen atoms in total. The van der Waals surface area contributed by atoms with E-state index in [4.69, 9.17) is 9.84 Å². The maximum atomic E-state index is 11.4. The van der Waals surface area contributed by atoms with Crippen LogP contribution in [0.15, 0.2) is 41.5 Å². The smallest absolute Gasteiger partial charge is 0.161 e. The molecule has 33 heavy (non-hydrogen) atoms. The fraction of sp³-hybridized carbons (Fsp3) is 0.571. The number of aliphatic hydroxyl groups excluding tert-OH is 1. The number of methoxy groups -OCH3 is 1. The standard InChI is InChI=1S/C10H16O.C10H14O.C8H8O3/c2*1-6-4-9(11)8-5-7(6)10(8,2)3;1-11-8-4-6(5-9)2-3-7(8)10/h4,7-9,11H,5H2,1-3H3;4,7-8H,5H2,1-3H3;2-5,10H,1H3/t7-,8+,9-;;/m1../s1. The number of hydrogen-bond donors (Lipinski definition) is 2. The Kier molecular flexibility index (Phi) is 6.95. The third-order valence-electron chi connectivity index (χ3n) is 8.61. The molecule has 180 valence electrons. The Hall–Kier alpha value is -2.40. The van der Waals surface area contributed by atoms with Gasteiger partial charge < -0.3 is 14.9 Å². The molecule has 0 aromatic heterocycles. The normalized spacial score (nSPS) is 31.6. The second-order valence-electron chi connectivity index (χ2n) is 11.1. The fourth-order valence-corrected chi connectivity index (χ4v) is 6.19. The van der Waals surface area contributed by atoms with Crippen LogP contribution in [0.5, 0.6) is 11.5 Å². The lowest BCUT2D eigenvalue weighted by molar-refractivity contribution is -0.133. The van der Waals surface area contributed by atoms with Gasteiger partial charge in [0.25, 0.3) is 0 Å². The Bertz CT molecular complexity index is 984. The van der Waals surface area contributed by atoms with E-state index in [1.54, 1.807) is 0 Å². The quantitative estimate of drug-likeness (QED) is 0.464. The Morgan fingerprint density at radius 2 is 1.64 bits per heavy atom. The average Bonchev–Trinajstić information content (AvgIpc) is 2.73. The molecule has 0 aliphatic heterocycles. The van der Waals surface area contributed by atoms with Gasteiger partial charge in [-0.25, -0.2) is 0 Å². The van der Waals surface area contributed by atoms with Crippen LogP contribution in [0.1, 0.15) is 64.7 Å². The van der Waals surface area contributed by atoms with Crippen molar-refractivity contribution in [1.82, 2.24) is 0 Å². The minimum atomic E-state index is -0.171. The second kappa shape index (κ2) is 9.09. The van der Waals surface area contributed by atoms with E-state index in [-0.39, 0.29) is 17.3 Å². The van der Waals surface area contributed by atoms with Crippen LogP contribution in [0, 0.1) is 34.5 Å². The van der Waals surface area contributed by atoms with E-state index in [0.29, 0.717) is 46.6 Å². The Labute approximate surface area is 197 Å². The topological polar surface area (TPSA) is 83.8 Å². The molecule has 1 aromatic carbocycles. The van der Waals surface area contributed by atoms with Crippen LogP contribution in [-0.2, 0) is 4.79 Å². The molecule has 6 aliphatic carbocycles. The van der Waals surface area contributed by atoms with Crippen LogP contribution in [0.3, 0.4) is 0 Å². The number of hydrogen-bond acceptors (Lipinski definition) is 5. The summed E-state index contributed by atoms with van der Waals surface area (Å²) in [4.78, 5) is 21.6. The van der Waals surface area contributed by atoms with Crippen molar-refractivity contribution in [1.29, 1.82) is 0 Å². The summed E-state index contributed by atoms with van der Waals surface area (Å²) in [6.07, 6.45) is 6.70. The van der Waals surface area contributed by atoms with Crippen LogP contribution in [0.4, 0.5) is 0 Å². The molecule has 2 fully saturated rings. The number of aliphatic hydroxyl groups is 1. The third kappa shape index (κ3) is 4.52. The first kappa shape index (κ1) is 25.2. The molecule has 0 radical (unpaired) electrons. The highest BCUT2D eigenvalue weighted by molar-refractivity contribution is 5.95. The molecule has 2 N–H and O–H groups in total.